The summed E-state index contributed by atoms with van der Waals surface area (Å²) in [7, 11) is 2.15. The van der Waals surface area contributed by atoms with E-state index in [1.165, 1.54) is 25.7 Å². The van der Waals surface area contributed by atoms with Gasteiger partial charge in [-0.1, -0.05) is 19.8 Å². The van der Waals surface area contributed by atoms with Crippen molar-refractivity contribution in [1.82, 2.24) is 20.2 Å². The average Bonchev–Trinajstić information content (AvgIpc) is 2.94. The first-order valence-corrected chi connectivity index (χ1v) is 7.86. The number of aromatic nitrogens is 4. The Morgan fingerprint density at radius 2 is 2.24 bits per heavy atom. The molecular formula is C15H24N6. The quantitative estimate of drug-likeness (QED) is 0.905. The Bertz CT molecular complexity index is 607. The molecule has 0 saturated heterocycles. The molecule has 6 nitrogen and oxygen atoms in total. The summed E-state index contributed by atoms with van der Waals surface area (Å²) in [6.07, 6.45) is 6.94. The fraction of sp³-hybridized carbons (Fsp3) is 0.667. The summed E-state index contributed by atoms with van der Waals surface area (Å²) in [6.45, 7) is 5.20. The number of nitrogens with one attached hydrogen (secondary N) is 2. The molecule has 2 unspecified atom stereocenters. The fourth-order valence-electron chi connectivity index (χ4n) is 3.25. The summed E-state index contributed by atoms with van der Waals surface area (Å²) in [4.78, 5) is 11.5. The molecule has 2 N–H and O–H groups in total. The van der Waals surface area contributed by atoms with E-state index in [4.69, 9.17) is 4.98 Å². The van der Waals surface area contributed by atoms with Crippen LogP contribution in [0.25, 0.3) is 11.0 Å². The van der Waals surface area contributed by atoms with Gasteiger partial charge < -0.3 is 10.2 Å². The summed E-state index contributed by atoms with van der Waals surface area (Å²) in [5, 5.41) is 11.3. The van der Waals surface area contributed by atoms with Crippen molar-refractivity contribution in [2.75, 3.05) is 23.8 Å². The van der Waals surface area contributed by atoms with Crippen LogP contribution in [0.4, 0.5) is 11.8 Å². The number of rotatable bonds is 4. The molecule has 2 heterocycles. The second kappa shape index (κ2) is 5.87. The molecule has 2 aromatic rings. The molecule has 2 atom stereocenters. The van der Waals surface area contributed by atoms with Gasteiger partial charge >= 0.3 is 0 Å². The third-order valence-electron chi connectivity index (χ3n) is 4.42. The zero-order valence-electron chi connectivity index (χ0n) is 13.1. The van der Waals surface area contributed by atoms with Gasteiger partial charge in [0.15, 0.2) is 5.65 Å². The number of aromatic amines is 1. The normalized spacial score (nSPS) is 22.4. The Morgan fingerprint density at radius 1 is 1.38 bits per heavy atom. The highest BCUT2D eigenvalue weighted by Crippen LogP contribution is 2.31. The van der Waals surface area contributed by atoms with Crippen LogP contribution in [0.3, 0.4) is 0 Å². The molecule has 6 heteroatoms. The van der Waals surface area contributed by atoms with Crippen LogP contribution in [0.5, 0.6) is 0 Å². The Morgan fingerprint density at radius 3 is 3.00 bits per heavy atom. The van der Waals surface area contributed by atoms with Crippen LogP contribution in [0, 0.1) is 5.92 Å². The molecule has 3 rings (SSSR count). The third-order valence-corrected chi connectivity index (χ3v) is 4.42. The highest BCUT2D eigenvalue weighted by Gasteiger charge is 2.25. The van der Waals surface area contributed by atoms with Gasteiger partial charge in [0, 0.05) is 19.6 Å². The predicted octanol–water partition coefficient (Wildman–Crippen LogP) is 2.80. The van der Waals surface area contributed by atoms with Crippen LogP contribution >= 0.6 is 0 Å². The van der Waals surface area contributed by atoms with E-state index in [1.807, 2.05) is 13.1 Å². The molecule has 0 bridgehead atoms. The standard InChI is InChI=1S/C15H24N6/c1-4-16-15-18-13-12(9-17-20-13)14(19-15)21(3)11-7-5-6-10(2)8-11/h9-11H,4-8H2,1-3H3,(H2,16,17,18,19,20). The number of hydrogen-bond acceptors (Lipinski definition) is 5. The molecule has 21 heavy (non-hydrogen) atoms. The smallest absolute Gasteiger partial charge is 0.226 e. The van der Waals surface area contributed by atoms with Gasteiger partial charge in [0.25, 0.3) is 0 Å². The summed E-state index contributed by atoms with van der Waals surface area (Å²) in [5.74, 6) is 2.44. The van der Waals surface area contributed by atoms with Crippen molar-refractivity contribution in [2.45, 2.75) is 45.6 Å². The summed E-state index contributed by atoms with van der Waals surface area (Å²) < 4.78 is 0. The maximum atomic E-state index is 4.71. The van der Waals surface area contributed by atoms with Crippen molar-refractivity contribution in [3.05, 3.63) is 6.20 Å². The molecule has 0 aliphatic heterocycles. The molecule has 114 valence electrons. The van der Waals surface area contributed by atoms with Crippen molar-refractivity contribution in [1.29, 1.82) is 0 Å². The van der Waals surface area contributed by atoms with Crippen LogP contribution < -0.4 is 10.2 Å². The van der Waals surface area contributed by atoms with Gasteiger partial charge in [0.1, 0.15) is 5.82 Å². The number of H-pyrrole nitrogens is 1. The first kappa shape index (κ1) is 14.1. The molecule has 1 saturated carbocycles. The topological polar surface area (TPSA) is 69.7 Å². The highest BCUT2D eigenvalue weighted by atomic mass is 15.3. The zero-order valence-corrected chi connectivity index (χ0v) is 13.1. The molecule has 0 radical (unpaired) electrons. The maximum absolute atomic E-state index is 4.71. The minimum Gasteiger partial charge on any atom is -0.356 e. The first-order valence-electron chi connectivity index (χ1n) is 7.86. The minimum absolute atomic E-state index is 0.552. The lowest BCUT2D eigenvalue weighted by Gasteiger charge is -2.35. The molecule has 0 spiro atoms. The lowest BCUT2D eigenvalue weighted by Crippen LogP contribution is -2.36. The molecule has 1 fully saturated rings. The van der Waals surface area contributed by atoms with E-state index in [2.05, 4.69) is 39.4 Å². The molecule has 0 aromatic carbocycles. The number of fused-ring (bicyclic) bond motifs is 1. The number of nitrogens with zero attached hydrogens (tertiary/aromatic N) is 4. The summed E-state index contributed by atoms with van der Waals surface area (Å²) in [6, 6.07) is 0.552. The van der Waals surface area contributed by atoms with E-state index in [0.29, 0.717) is 12.0 Å². The minimum atomic E-state index is 0.552. The second-order valence-corrected chi connectivity index (χ2v) is 6.07. The van der Waals surface area contributed by atoms with E-state index in [0.717, 1.165) is 29.3 Å². The van der Waals surface area contributed by atoms with E-state index >= 15 is 0 Å². The van der Waals surface area contributed by atoms with Gasteiger partial charge in [-0.05, 0) is 25.7 Å². The Hall–Kier alpha value is -1.85. The second-order valence-electron chi connectivity index (χ2n) is 6.07. The summed E-state index contributed by atoms with van der Waals surface area (Å²) in [5.41, 5.74) is 0.798. The number of anilines is 2. The third kappa shape index (κ3) is 2.80. The SMILES string of the molecule is CCNc1nc(N(C)C2CCCC(C)C2)c2cn[nH]c2n1. The number of hydrogen-bond donors (Lipinski definition) is 2. The van der Waals surface area contributed by atoms with Crippen molar-refractivity contribution in [2.24, 2.45) is 5.92 Å². The zero-order chi connectivity index (χ0) is 14.8. The Kier molecular flexibility index (Phi) is 3.94. The van der Waals surface area contributed by atoms with Crippen molar-refractivity contribution >= 4 is 22.8 Å². The Balaban J connectivity index is 1.95. The molecule has 1 aliphatic carbocycles. The van der Waals surface area contributed by atoms with Crippen LogP contribution in [0.1, 0.15) is 39.5 Å². The van der Waals surface area contributed by atoms with Gasteiger partial charge in [0.05, 0.1) is 11.6 Å². The van der Waals surface area contributed by atoms with E-state index in [9.17, 15) is 0 Å². The molecule has 2 aromatic heterocycles. The van der Waals surface area contributed by atoms with Gasteiger partial charge in [-0.25, -0.2) is 0 Å². The maximum Gasteiger partial charge on any atom is 0.226 e. The highest BCUT2D eigenvalue weighted by molar-refractivity contribution is 5.87. The van der Waals surface area contributed by atoms with Crippen molar-refractivity contribution in [3.8, 4) is 0 Å². The van der Waals surface area contributed by atoms with Crippen molar-refractivity contribution in [3.63, 3.8) is 0 Å². The van der Waals surface area contributed by atoms with Crippen LogP contribution in [0.15, 0.2) is 6.20 Å². The van der Waals surface area contributed by atoms with Gasteiger partial charge in [-0.2, -0.15) is 15.1 Å². The molecule has 1 aliphatic rings. The first-order chi connectivity index (χ1) is 10.2. The van der Waals surface area contributed by atoms with E-state index in [-0.39, 0.29) is 0 Å². The molecule has 0 amide bonds. The van der Waals surface area contributed by atoms with Gasteiger partial charge in [-0.3, -0.25) is 5.10 Å². The fourth-order valence-corrected chi connectivity index (χ4v) is 3.25. The lowest BCUT2D eigenvalue weighted by molar-refractivity contribution is 0.336. The van der Waals surface area contributed by atoms with Gasteiger partial charge in [0.2, 0.25) is 5.95 Å². The molecular weight excluding hydrogens is 264 g/mol. The summed E-state index contributed by atoms with van der Waals surface area (Å²) >= 11 is 0. The van der Waals surface area contributed by atoms with Crippen molar-refractivity contribution < 1.29 is 0 Å². The largest absolute Gasteiger partial charge is 0.356 e. The average molecular weight is 288 g/mol. The van der Waals surface area contributed by atoms with E-state index in [1.54, 1.807) is 0 Å². The van der Waals surface area contributed by atoms with Crippen LogP contribution in [0.2, 0.25) is 0 Å². The predicted molar refractivity (Wildman–Crippen MR) is 85.7 cm³/mol. The van der Waals surface area contributed by atoms with Crippen LogP contribution in [-0.4, -0.2) is 39.8 Å². The monoisotopic (exact) mass is 288 g/mol. The van der Waals surface area contributed by atoms with E-state index < -0.39 is 0 Å². The Labute approximate surface area is 125 Å². The van der Waals surface area contributed by atoms with Gasteiger partial charge in [-0.15, -0.1) is 0 Å². The van der Waals surface area contributed by atoms with Crippen LogP contribution in [-0.2, 0) is 0 Å². The lowest BCUT2D eigenvalue weighted by atomic mass is 9.86.